The molecule has 0 aliphatic rings. The van der Waals surface area contributed by atoms with E-state index < -0.39 is 47.3 Å². The van der Waals surface area contributed by atoms with E-state index in [4.69, 9.17) is 16.3 Å². The third-order valence-corrected chi connectivity index (χ3v) is 5.83. The predicted molar refractivity (Wildman–Crippen MR) is 139 cm³/mol. The highest BCUT2D eigenvalue weighted by Gasteiger charge is 2.31. The van der Waals surface area contributed by atoms with Crippen LogP contribution in [0.15, 0.2) is 48.7 Å². The standard InChI is InChI=1S/C27H26ClF4N3O4/c1-15-8-9-16(24(36)34-13-26(2,3)38)10-18(15)17-11-21(39-14-27(30,31)32)23(33-12-17)35(4)25(37)22-19(28)6-5-7-20(22)29/h5-12,38H,13-14H2,1-4H3,(H,34,36). The van der Waals surface area contributed by atoms with Crippen molar-refractivity contribution in [3.8, 4) is 16.9 Å². The number of anilines is 1. The molecule has 0 radical (unpaired) electrons. The molecular weight excluding hydrogens is 542 g/mol. The van der Waals surface area contributed by atoms with Gasteiger partial charge in [-0.3, -0.25) is 14.5 Å². The number of hydrogen-bond donors (Lipinski definition) is 2. The van der Waals surface area contributed by atoms with Gasteiger partial charge in [0.15, 0.2) is 18.2 Å². The second-order valence-corrected chi connectivity index (χ2v) is 9.84. The highest BCUT2D eigenvalue weighted by molar-refractivity contribution is 6.34. The molecule has 0 spiro atoms. The van der Waals surface area contributed by atoms with Crippen LogP contribution in [0.4, 0.5) is 23.4 Å². The molecule has 3 aromatic rings. The van der Waals surface area contributed by atoms with Crippen molar-refractivity contribution in [3.05, 3.63) is 76.2 Å². The number of amides is 2. The minimum atomic E-state index is -4.70. The first-order chi connectivity index (χ1) is 18.1. The molecule has 12 heteroatoms. The first kappa shape index (κ1) is 29.9. The van der Waals surface area contributed by atoms with Gasteiger partial charge in [0.05, 0.1) is 16.2 Å². The number of hydrogen-bond acceptors (Lipinski definition) is 5. The number of pyridine rings is 1. The Morgan fingerprint density at radius 1 is 1.15 bits per heavy atom. The molecule has 1 heterocycles. The minimum absolute atomic E-state index is 0.00683. The molecule has 0 atom stereocenters. The number of benzene rings is 2. The molecule has 39 heavy (non-hydrogen) atoms. The minimum Gasteiger partial charge on any atom is -0.480 e. The van der Waals surface area contributed by atoms with Gasteiger partial charge in [-0.05, 0) is 62.2 Å². The number of aromatic nitrogens is 1. The number of aryl methyl sites for hydroxylation is 1. The van der Waals surface area contributed by atoms with Gasteiger partial charge in [0.2, 0.25) is 0 Å². The summed E-state index contributed by atoms with van der Waals surface area (Å²) in [7, 11) is 1.20. The van der Waals surface area contributed by atoms with Gasteiger partial charge in [0, 0.05) is 30.9 Å². The van der Waals surface area contributed by atoms with Crippen LogP contribution < -0.4 is 15.0 Å². The lowest BCUT2D eigenvalue weighted by molar-refractivity contribution is -0.153. The highest BCUT2D eigenvalue weighted by Crippen LogP contribution is 2.35. The highest BCUT2D eigenvalue weighted by atomic mass is 35.5. The Morgan fingerprint density at radius 3 is 2.46 bits per heavy atom. The molecule has 208 valence electrons. The molecule has 2 amide bonds. The number of nitrogens with zero attached hydrogens (tertiary/aromatic N) is 2. The smallest absolute Gasteiger partial charge is 0.422 e. The summed E-state index contributed by atoms with van der Waals surface area (Å²) in [5.41, 5.74) is 0.0682. The van der Waals surface area contributed by atoms with Crippen molar-refractivity contribution in [2.45, 2.75) is 32.5 Å². The number of alkyl halides is 3. The fourth-order valence-electron chi connectivity index (χ4n) is 3.54. The second kappa shape index (κ2) is 11.6. The van der Waals surface area contributed by atoms with Gasteiger partial charge >= 0.3 is 6.18 Å². The van der Waals surface area contributed by atoms with E-state index in [0.29, 0.717) is 16.7 Å². The molecule has 2 N–H and O–H groups in total. The fourth-order valence-corrected chi connectivity index (χ4v) is 3.79. The zero-order valence-electron chi connectivity index (χ0n) is 21.5. The molecule has 7 nitrogen and oxygen atoms in total. The molecule has 2 aromatic carbocycles. The first-order valence-electron chi connectivity index (χ1n) is 11.6. The van der Waals surface area contributed by atoms with Crippen molar-refractivity contribution in [1.82, 2.24) is 10.3 Å². The Hall–Kier alpha value is -3.70. The summed E-state index contributed by atoms with van der Waals surface area (Å²) in [6, 6.07) is 9.62. The fraction of sp³-hybridized carbons (Fsp3) is 0.296. The van der Waals surface area contributed by atoms with E-state index in [1.165, 1.54) is 51.4 Å². The Bertz CT molecular complexity index is 1370. The van der Waals surface area contributed by atoms with Crippen LogP contribution in [0.2, 0.25) is 5.02 Å². The molecule has 0 unspecified atom stereocenters. The van der Waals surface area contributed by atoms with Crippen LogP contribution >= 0.6 is 11.6 Å². The Balaban J connectivity index is 2.03. The summed E-state index contributed by atoms with van der Waals surface area (Å²) in [6.45, 7) is 3.11. The quantitative estimate of drug-likeness (QED) is 0.347. The van der Waals surface area contributed by atoms with Crippen LogP contribution in [0, 0.1) is 12.7 Å². The molecule has 3 rings (SSSR count). The topological polar surface area (TPSA) is 91.8 Å². The van der Waals surface area contributed by atoms with Crippen LogP contribution in [-0.2, 0) is 0 Å². The van der Waals surface area contributed by atoms with E-state index in [2.05, 4.69) is 10.3 Å². The van der Waals surface area contributed by atoms with E-state index in [9.17, 15) is 32.3 Å². The molecule has 0 fully saturated rings. The van der Waals surface area contributed by atoms with E-state index in [-0.39, 0.29) is 22.9 Å². The van der Waals surface area contributed by atoms with Crippen molar-refractivity contribution in [2.24, 2.45) is 0 Å². The number of rotatable bonds is 8. The van der Waals surface area contributed by atoms with Crippen molar-refractivity contribution >= 4 is 29.2 Å². The van der Waals surface area contributed by atoms with E-state index in [1.54, 1.807) is 19.1 Å². The van der Waals surface area contributed by atoms with Crippen LogP contribution in [0.25, 0.3) is 11.1 Å². The van der Waals surface area contributed by atoms with E-state index in [1.807, 2.05) is 0 Å². The second-order valence-electron chi connectivity index (χ2n) is 9.44. The van der Waals surface area contributed by atoms with Crippen LogP contribution in [0.1, 0.15) is 40.1 Å². The van der Waals surface area contributed by atoms with Gasteiger partial charge in [0.1, 0.15) is 5.82 Å². The average molecular weight is 568 g/mol. The summed E-state index contributed by atoms with van der Waals surface area (Å²) >= 11 is 5.99. The zero-order chi connectivity index (χ0) is 29.1. The lowest BCUT2D eigenvalue weighted by Crippen LogP contribution is -2.38. The molecule has 0 aliphatic carbocycles. The zero-order valence-corrected chi connectivity index (χ0v) is 22.2. The van der Waals surface area contributed by atoms with E-state index >= 15 is 0 Å². The van der Waals surface area contributed by atoms with Gasteiger partial charge in [-0.15, -0.1) is 0 Å². The lowest BCUT2D eigenvalue weighted by atomic mass is 9.98. The van der Waals surface area contributed by atoms with Gasteiger partial charge in [0.25, 0.3) is 11.8 Å². The number of carbonyl (C=O) groups is 2. The number of nitrogens with one attached hydrogen (secondary N) is 1. The van der Waals surface area contributed by atoms with Crippen LogP contribution in [0.3, 0.4) is 0 Å². The number of halogens is 5. The lowest BCUT2D eigenvalue weighted by Gasteiger charge is -2.22. The molecule has 0 aliphatic heterocycles. The maximum atomic E-state index is 14.4. The molecule has 1 aromatic heterocycles. The maximum absolute atomic E-state index is 14.4. The van der Waals surface area contributed by atoms with Crippen molar-refractivity contribution < 1.29 is 37.0 Å². The summed E-state index contributed by atoms with van der Waals surface area (Å²) in [5, 5.41) is 12.3. The maximum Gasteiger partial charge on any atom is 0.422 e. The van der Waals surface area contributed by atoms with Crippen LogP contribution in [0.5, 0.6) is 5.75 Å². The average Bonchev–Trinajstić information content (AvgIpc) is 2.84. The van der Waals surface area contributed by atoms with Gasteiger partial charge in [-0.25, -0.2) is 9.37 Å². The Labute approximate surface area is 227 Å². The molecule has 0 saturated carbocycles. The van der Waals surface area contributed by atoms with Crippen LogP contribution in [-0.4, -0.2) is 53.9 Å². The monoisotopic (exact) mass is 567 g/mol. The van der Waals surface area contributed by atoms with Crippen molar-refractivity contribution in [1.29, 1.82) is 0 Å². The molecule has 0 bridgehead atoms. The Kier molecular flexibility index (Phi) is 8.87. The summed E-state index contributed by atoms with van der Waals surface area (Å²) < 4.78 is 58.5. The number of ether oxygens (including phenoxy) is 1. The number of carbonyl (C=O) groups excluding carboxylic acids is 2. The summed E-state index contributed by atoms with van der Waals surface area (Å²) in [4.78, 5) is 30.6. The van der Waals surface area contributed by atoms with Gasteiger partial charge < -0.3 is 15.2 Å². The summed E-state index contributed by atoms with van der Waals surface area (Å²) in [6.07, 6.45) is -3.40. The predicted octanol–water partition coefficient (Wildman–Crippen LogP) is 5.57. The van der Waals surface area contributed by atoms with Gasteiger partial charge in [-0.2, -0.15) is 13.2 Å². The SMILES string of the molecule is Cc1ccc(C(=O)NCC(C)(C)O)cc1-c1cnc(N(C)C(=O)c2c(F)cccc2Cl)c(OCC(F)(F)F)c1. The van der Waals surface area contributed by atoms with Crippen molar-refractivity contribution in [3.63, 3.8) is 0 Å². The third-order valence-electron chi connectivity index (χ3n) is 5.52. The number of aliphatic hydroxyl groups is 1. The van der Waals surface area contributed by atoms with Crippen molar-refractivity contribution in [2.75, 3.05) is 25.1 Å². The summed E-state index contributed by atoms with van der Waals surface area (Å²) in [5.74, 6) is -3.03. The largest absolute Gasteiger partial charge is 0.480 e. The van der Waals surface area contributed by atoms with Gasteiger partial charge in [-0.1, -0.05) is 23.7 Å². The third kappa shape index (κ3) is 7.67. The Morgan fingerprint density at radius 2 is 1.85 bits per heavy atom. The molecular formula is C27H26ClF4N3O4. The molecule has 0 saturated heterocycles. The first-order valence-corrected chi connectivity index (χ1v) is 12.0. The van der Waals surface area contributed by atoms with E-state index in [0.717, 1.165) is 11.0 Å². The normalized spacial score (nSPS) is 11.7.